The smallest absolute Gasteiger partial charge is 0.231 e. The molecule has 2 N–H and O–H groups in total. The van der Waals surface area contributed by atoms with E-state index >= 15 is 0 Å². The van der Waals surface area contributed by atoms with Crippen molar-refractivity contribution in [1.29, 1.82) is 0 Å². The van der Waals surface area contributed by atoms with E-state index in [-0.39, 0.29) is 11.4 Å². The summed E-state index contributed by atoms with van der Waals surface area (Å²) in [6.45, 7) is 0. The van der Waals surface area contributed by atoms with Crippen LogP contribution in [0.4, 0.5) is 5.69 Å². The number of fused-ring (bicyclic) bond motifs is 1. The summed E-state index contributed by atoms with van der Waals surface area (Å²) in [5, 5.41) is 0. The maximum absolute atomic E-state index is 11.6. The van der Waals surface area contributed by atoms with Crippen molar-refractivity contribution in [2.24, 2.45) is 5.73 Å². The highest BCUT2D eigenvalue weighted by atomic mass is 16.2. The number of benzene rings is 1. The number of rotatable bonds is 1. The Kier molecular flexibility index (Phi) is 2.26. The molecule has 0 aromatic heterocycles. The molecular formula is C14H18N2O. The zero-order chi connectivity index (χ0) is 12.0. The lowest BCUT2D eigenvalue weighted by molar-refractivity contribution is -0.117. The van der Waals surface area contributed by atoms with E-state index in [2.05, 4.69) is 12.1 Å². The van der Waals surface area contributed by atoms with Gasteiger partial charge in [-0.15, -0.1) is 0 Å². The predicted octanol–water partition coefficient (Wildman–Crippen LogP) is 1.93. The highest BCUT2D eigenvalue weighted by Crippen LogP contribution is 2.39. The van der Waals surface area contributed by atoms with Crippen molar-refractivity contribution in [1.82, 2.24) is 0 Å². The van der Waals surface area contributed by atoms with Gasteiger partial charge in [-0.25, -0.2) is 0 Å². The number of carbonyl (C=O) groups is 1. The third kappa shape index (κ3) is 1.57. The van der Waals surface area contributed by atoms with E-state index in [1.54, 1.807) is 4.90 Å². The normalized spacial score (nSPS) is 22.0. The number of hydrogen-bond acceptors (Lipinski definition) is 2. The lowest BCUT2D eigenvalue weighted by Crippen LogP contribution is -2.33. The van der Waals surface area contributed by atoms with Crippen molar-refractivity contribution in [2.75, 3.05) is 11.9 Å². The molecule has 1 aromatic rings. The van der Waals surface area contributed by atoms with Crippen molar-refractivity contribution < 1.29 is 4.79 Å². The second kappa shape index (κ2) is 3.57. The van der Waals surface area contributed by atoms with Crippen molar-refractivity contribution in [3.63, 3.8) is 0 Å². The first-order chi connectivity index (χ1) is 8.10. The molecule has 3 nitrogen and oxygen atoms in total. The van der Waals surface area contributed by atoms with Crippen LogP contribution < -0.4 is 10.6 Å². The molecule has 0 saturated heterocycles. The molecule has 17 heavy (non-hydrogen) atoms. The van der Waals surface area contributed by atoms with Gasteiger partial charge >= 0.3 is 0 Å². The van der Waals surface area contributed by atoms with Gasteiger partial charge < -0.3 is 10.6 Å². The Morgan fingerprint density at radius 1 is 1.29 bits per heavy atom. The van der Waals surface area contributed by atoms with Crippen LogP contribution in [0.5, 0.6) is 0 Å². The maximum atomic E-state index is 11.6. The molecule has 1 aliphatic carbocycles. The highest BCUT2D eigenvalue weighted by molar-refractivity contribution is 6.00. The van der Waals surface area contributed by atoms with E-state index < -0.39 is 0 Å². The fraction of sp³-hybridized carbons (Fsp3) is 0.500. The Labute approximate surface area is 102 Å². The predicted molar refractivity (Wildman–Crippen MR) is 67.9 cm³/mol. The maximum Gasteiger partial charge on any atom is 0.231 e. The number of nitrogens with two attached hydrogens (primary N) is 1. The minimum atomic E-state index is -0.154. The van der Waals surface area contributed by atoms with Crippen LogP contribution >= 0.6 is 0 Å². The van der Waals surface area contributed by atoms with Gasteiger partial charge in [0.25, 0.3) is 0 Å². The number of hydrogen-bond donors (Lipinski definition) is 1. The summed E-state index contributed by atoms with van der Waals surface area (Å²) >= 11 is 0. The summed E-state index contributed by atoms with van der Waals surface area (Å²) in [6, 6.07) is 6.28. The summed E-state index contributed by atoms with van der Waals surface area (Å²) in [4.78, 5) is 13.4. The zero-order valence-corrected chi connectivity index (χ0v) is 10.2. The summed E-state index contributed by atoms with van der Waals surface area (Å²) < 4.78 is 0. The van der Waals surface area contributed by atoms with E-state index in [1.165, 1.54) is 18.4 Å². The first-order valence-electron chi connectivity index (χ1n) is 6.29. The Bertz CT molecular complexity index is 475. The molecule has 3 heteroatoms. The van der Waals surface area contributed by atoms with Gasteiger partial charge in [0.2, 0.25) is 5.91 Å². The van der Waals surface area contributed by atoms with Gasteiger partial charge in [-0.3, -0.25) is 4.79 Å². The molecule has 0 spiro atoms. The van der Waals surface area contributed by atoms with Crippen LogP contribution in [0.2, 0.25) is 0 Å². The van der Waals surface area contributed by atoms with Gasteiger partial charge in [0, 0.05) is 18.3 Å². The van der Waals surface area contributed by atoms with Crippen molar-refractivity contribution in [3.8, 4) is 0 Å². The number of likely N-dealkylation sites (N-methyl/N-ethyl adjacent to an activating group) is 1. The second-order valence-corrected chi connectivity index (χ2v) is 5.34. The van der Waals surface area contributed by atoms with Crippen LogP contribution in [0, 0.1) is 0 Å². The Morgan fingerprint density at radius 2 is 2.00 bits per heavy atom. The Morgan fingerprint density at radius 3 is 2.71 bits per heavy atom. The van der Waals surface area contributed by atoms with Gasteiger partial charge in [0.1, 0.15) is 0 Å². The van der Waals surface area contributed by atoms with Crippen molar-refractivity contribution >= 4 is 11.6 Å². The first kappa shape index (κ1) is 10.8. The topological polar surface area (TPSA) is 46.3 Å². The zero-order valence-electron chi connectivity index (χ0n) is 10.2. The van der Waals surface area contributed by atoms with Gasteiger partial charge in [0.15, 0.2) is 0 Å². The SMILES string of the molecule is CN1C(=O)Cc2cc(C3(N)CCCC3)ccc21. The van der Waals surface area contributed by atoms with Gasteiger partial charge in [-0.2, -0.15) is 0 Å². The number of amides is 1. The van der Waals surface area contributed by atoms with Crippen LogP contribution in [-0.2, 0) is 16.8 Å². The lowest BCUT2D eigenvalue weighted by Gasteiger charge is -2.25. The largest absolute Gasteiger partial charge is 0.321 e. The minimum absolute atomic E-state index is 0.154. The average molecular weight is 230 g/mol. The number of anilines is 1. The lowest BCUT2D eigenvalue weighted by atomic mass is 9.88. The molecule has 1 aliphatic heterocycles. The number of carbonyl (C=O) groups excluding carboxylic acids is 1. The molecule has 0 unspecified atom stereocenters. The van der Waals surface area contributed by atoms with Crippen molar-refractivity contribution in [2.45, 2.75) is 37.6 Å². The molecule has 1 saturated carbocycles. The summed E-state index contributed by atoms with van der Waals surface area (Å²) in [7, 11) is 1.83. The van der Waals surface area contributed by atoms with Gasteiger partial charge in [-0.05, 0) is 30.0 Å². The standard InChI is InChI=1S/C14H18N2O/c1-16-12-5-4-11(8-10(12)9-13(16)17)14(15)6-2-3-7-14/h4-5,8H,2-3,6-7,9,15H2,1H3. The summed E-state index contributed by atoms with van der Waals surface area (Å²) in [5.41, 5.74) is 9.67. The van der Waals surface area contributed by atoms with E-state index in [0.29, 0.717) is 6.42 Å². The fourth-order valence-electron chi connectivity index (χ4n) is 3.07. The summed E-state index contributed by atoms with van der Waals surface area (Å²) in [5.74, 6) is 0.176. The molecule has 1 heterocycles. The summed E-state index contributed by atoms with van der Waals surface area (Å²) in [6.07, 6.45) is 5.08. The second-order valence-electron chi connectivity index (χ2n) is 5.34. The molecular weight excluding hydrogens is 212 g/mol. The Balaban J connectivity index is 2.00. The third-order valence-electron chi connectivity index (χ3n) is 4.23. The number of nitrogens with zero attached hydrogens (tertiary/aromatic N) is 1. The van der Waals surface area contributed by atoms with Crippen LogP contribution in [0.25, 0.3) is 0 Å². The minimum Gasteiger partial charge on any atom is -0.321 e. The Hall–Kier alpha value is -1.35. The average Bonchev–Trinajstić information content (AvgIpc) is 2.86. The monoisotopic (exact) mass is 230 g/mol. The third-order valence-corrected chi connectivity index (χ3v) is 4.23. The molecule has 0 bridgehead atoms. The quantitative estimate of drug-likeness (QED) is 0.801. The van der Waals surface area contributed by atoms with E-state index in [0.717, 1.165) is 24.1 Å². The molecule has 90 valence electrons. The van der Waals surface area contributed by atoms with E-state index in [4.69, 9.17) is 5.73 Å². The van der Waals surface area contributed by atoms with Crippen LogP contribution in [0.15, 0.2) is 18.2 Å². The van der Waals surface area contributed by atoms with Crippen molar-refractivity contribution in [3.05, 3.63) is 29.3 Å². The molecule has 0 atom stereocenters. The van der Waals surface area contributed by atoms with Gasteiger partial charge in [0.05, 0.1) is 6.42 Å². The fourth-order valence-corrected chi connectivity index (χ4v) is 3.07. The molecule has 0 radical (unpaired) electrons. The molecule has 1 aromatic carbocycles. The van der Waals surface area contributed by atoms with Crippen LogP contribution in [0.3, 0.4) is 0 Å². The molecule has 1 fully saturated rings. The van der Waals surface area contributed by atoms with E-state index in [9.17, 15) is 4.79 Å². The first-order valence-corrected chi connectivity index (χ1v) is 6.29. The van der Waals surface area contributed by atoms with Crippen LogP contribution in [-0.4, -0.2) is 13.0 Å². The van der Waals surface area contributed by atoms with Gasteiger partial charge in [-0.1, -0.05) is 25.0 Å². The van der Waals surface area contributed by atoms with E-state index in [1.807, 2.05) is 13.1 Å². The van der Waals surface area contributed by atoms with Crippen LogP contribution in [0.1, 0.15) is 36.8 Å². The molecule has 1 amide bonds. The highest BCUT2D eigenvalue weighted by Gasteiger charge is 2.33. The molecule has 3 rings (SSSR count). The molecule has 2 aliphatic rings.